The SMILES string of the molecule is CCN1CCC(N(C)c2ccc(N)c(C)c2)CC1. The molecule has 0 aliphatic carbocycles. The first-order valence-electron chi connectivity index (χ1n) is 6.93. The number of anilines is 2. The van der Waals surface area contributed by atoms with Gasteiger partial charge in [0.05, 0.1) is 0 Å². The Morgan fingerprint density at radius 3 is 2.56 bits per heavy atom. The molecule has 1 aliphatic rings. The van der Waals surface area contributed by atoms with Crippen molar-refractivity contribution in [3.05, 3.63) is 23.8 Å². The average molecular weight is 247 g/mol. The van der Waals surface area contributed by atoms with E-state index in [1.54, 1.807) is 0 Å². The smallest absolute Gasteiger partial charge is 0.0370 e. The maximum absolute atomic E-state index is 5.88. The summed E-state index contributed by atoms with van der Waals surface area (Å²) >= 11 is 0. The van der Waals surface area contributed by atoms with Crippen molar-refractivity contribution < 1.29 is 0 Å². The number of hydrogen-bond acceptors (Lipinski definition) is 3. The average Bonchev–Trinajstić information content (AvgIpc) is 2.41. The van der Waals surface area contributed by atoms with Crippen LogP contribution in [0.1, 0.15) is 25.3 Å². The summed E-state index contributed by atoms with van der Waals surface area (Å²) < 4.78 is 0. The summed E-state index contributed by atoms with van der Waals surface area (Å²) in [6, 6.07) is 7.01. The predicted molar refractivity (Wildman–Crippen MR) is 79.1 cm³/mol. The maximum Gasteiger partial charge on any atom is 0.0370 e. The highest BCUT2D eigenvalue weighted by atomic mass is 15.2. The molecule has 2 N–H and O–H groups in total. The van der Waals surface area contributed by atoms with Gasteiger partial charge < -0.3 is 15.5 Å². The molecule has 0 unspecified atom stereocenters. The highest BCUT2D eigenvalue weighted by Crippen LogP contribution is 2.25. The van der Waals surface area contributed by atoms with Crippen LogP contribution in [0.2, 0.25) is 0 Å². The lowest BCUT2D eigenvalue weighted by Crippen LogP contribution is -2.43. The van der Waals surface area contributed by atoms with Crippen LogP contribution in [0.5, 0.6) is 0 Å². The molecule has 0 radical (unpaired) electrons. The molecule has 1 heterocycles. The van der Waals surface area contributed by atoms with E-state index in [1.165, 1.54) is 43.7 Å². The highest BCUT2D eigenvalue weighted by Gasteiger charge is 2.21. The Hall–Kier alpha value is -1.22. The molecule has 0 spiro atoms. The normalized spacial score (nSPS) is 17.9. The molecule has 1 aromatic carbocycles. The van der Waals surface area contributed by atoms with Crippen molar-refractivity contribution in [1.29, 1.82) is 0 Å². The van der Waals surface area contributed by atoms with E-state index in [-0.39, 0.29) is 0 Å². The molecule has 0 bridgehead atoms. The maximum atomic E-state index is 5.88. The van der Waals surface area contributed by atoms with Gasteiger partial charge in [-0.25, -0.2) is 0 Å². The van der Waals surface area contributed by atoms with Crippen molar-refractivity contribution in [1.82, 2.24) is 4.90 Å². The van der Waals surface area contributed by atoms with E-state index in [2.05, 4.69) is 42.8 Å². The van der Waals surface area contributed by atoms with E-state index < -0.39 is 0 Å². The van der Waals surface area contributed by atoms with Crippen LogP contribution in [0.4, 0.5) is 11.4 Å². The Morgan fingerprint density at radius 2 is 2.00 bits per heavy atom. The third kappa shape index (κ3) is 2.78. The Morgan fingerprint density at radius 1 is 1.33 bits per heavy atom. The van der Waals surface area contributed by atoms with Crippen LogP contribution in [-0.2, 0) is 0 Å². The zero-order chi connectivity index (χ0) is 13.1. The third-order valence-corrected chi connectivity index (χ3v) is 4.21. The van der Waals surface area contributed by atoms with E-state index in [4.69, 9.17) is 5.73 Å². The van der Waals surface area contributed by atoms with Crippen molar-refractivity contribution in [2.75, 3.05) is 37.3 Å². The summed E-state index contributed by atoms with van der Waals surface area (Å²) in [6.45, 7) is 7.94. The first-order valence-corrected chi connectivity index (χ1v) is 6.93. The predicted octanol–water partition coefficient (Wildman–Crippen LogP) is 2.50. The van der Waals surface area contributed by atoms with E-state index in [0.717, 1.165) is 5.69 Å². The molecule has 0 amide bonds. The van der Waals surface area contributed by atoms with Gasteiger partial charge in [-0.1, -0.05) is 6.92 Å². The van der Waals surface area contributed by atoms with Gasteiger partial charge in [-0.15, -0.1) is 0 Å². The van der Waals surface area contributed by atoms with Gasteiger partial charge in [0.1, 0.15) is 0 Å². The monoisotopic (exact) mass is 247 g/mol. The lowest BCUT2D eigenvalue weighted by Gasteiger charge is -2.37. The first-order chi connectivity index (χ1) is 8.61. The highest BCUT2D eigenvalue weighted by molar-refractivity contribution is 5.58. The summed E-state index contributed by atoms with van der Waals surface area (Å²) in [4.78, 5) is 4.94. The van der Waals surface area contributed by atoms with Crippen molar-refractivity contribution >= 4 is 11.4 Å². The van der Waals surface area contributed by atoms with Crippen molar-refractivity contribution in [2.24, 2.45) is 0 Å². The van der Waals surface area contributed by atoms with E-state index >= 15 is 0 Å². The van der Waals surface area contributed by atoms with Crippen LogP contribution in [-0.4, -0.2) is 37.6 Å². The van der Waals surface area contributed by atoms with Gasteiger partial charge in [0.25, 0.3) is 0 Å². The topological polar surface area (TPSA) is 32.5 Å². The molecule has 0 saturated carbocycles. The van der Waals surface area contributed by atoms with Gasteiger partial charge in [0.15, 0.2) is 0 Å². The van der Waals surface area contributed by atoms with Crippen LogP contribution in [0.15, 0.2) is 18.2 Å². The molecule has 1 saturated heterocycles. The summed E-state index contributed by atoms with van der Waals surface area (Å²) in [5, 5.41) is 0. The molecule has 18 heavy (non-hydrogen) atoms. The summed E-state index contributed by atoms with van der Waals surface area (Å²) in [5.74, 6) is 0. The summed E-state index contributed by atoms with van der Waals surface area (Å²) in [6.07, 6.45) is 2.52. The number of rotatable bonds is 3. The fourth-order valence-corrected chi connectivity index (χ4v) is 2.71. The number of likely N-dealkylation sites (tertiary alicyclic amines) is 1. The van der Waals surface area contributed by atoms with Gasteiger partial charge in [-0.2, -0.15) is 0 Å². The van der Waals surface area contributed by atoms with Crippen LogP contribution in [0.25, 0.3) is 0 Å². The van der Waals surface area contributed by atoms with Gasteiger partial charge in [-0.3, -0.25) is 0 Å². The lowest BCUT2D eigenvalue weighted by atomic mass is 10.0. The number of piperidine rings is 1. The Bertz CT molecular complexity index is 395. The molecule has 1 fully saturated rings. The largest absolute Gasteiger partial charge is 0.399 e. The number of hydrogen-bond donors (Lipinski definition) is 1. The van der Waals surface area contributed by atoms with Crippen LogP contribution >= 0.6 is 0 Å². The molecular weight excluding hydrogens is 222 g/mol. The molecule has 3 heteroatoms. The minimum absolute atomic E-state index is 0.663. The zero-order valence-electron chi connectivity index (χ0n) is 11.8. The Balaban J connectivity index is 2.03. The number of nitrogens with two attached hydrogens (primary N) is 1. The van der Waals surface area contributed by atoms with Gasteiger partial charge in [0.2, 0.25) is 0 Å². The zero-order valence-corrected chi connectivity index (χ0v) is 11.8. The second-order valence-corrected chi connectivity index (χ2v) is 5.32. The molecule has 0 atom stereocenters. The minimum Gasteiger partial charge on any atom is -0.399 e. The van der Waals surface area contributed by atoms with Crippen molar-refractivity contribution in [3.8, 4) is 0 Å². The third-order valence-electron chi connectivity index (χ3n) is 4.21. The molecule has 1 aliphatic heterocycles. The van der Waals surface area contributed by atoms with E-state index in [0.29, 0.717) is 6.04 Å². The fourth-order valence-electron chi connectivity index (χ4n) is 2.71. The number of nitrogen functional groups attached to an aromatic ring is 1. The van der Waals surface area contributed by atoms with Gasteiger partial charge in [0, 0.05) is 37.6 Å². The molecule has 0 aromatic heterocycles. The standard InChI is InChI=1S/C15H25N3/c1-4-18-9-7-13(8-10-18)17(3)14-5-6-15(16)12(2)11-14/h5-6,11,13H,4,7-10,16H2,1-3H3. The Kier molecular flexibility index (Phi) is 4.12. The summed E-state index contributed by atoms with van der Waals surface area (Å²) in [7, 11) is 2.21. The second kappa shape index (κ2) is 5.61. The fraction of sp³-hybridized carbons (Fsp3) is 0.600. The van der Waals surface area contributed by atoms with Gasteiger partial charge >= 0.3 is 0 Å². The van der Waals surface area contributed by atoms with Gasteiger partial charge in [-0.05, 0) is 50.1 Å². The molecule has 1 aromatic rings. The van der Waals surface area contributed by atoms with E-state index in [9.17, 15) is 0 Å². The minimum atomic E-state index is 0.663. The van der Waals surface area contributed by atoms with E-state index in [1.807, 2.05) is 6.07 Å². The lowest BCUT2D eigenvalue weighted by molar-refractivity contribution is 0.221. The first kappa shape index (κ1) is 13.2. The van der Waals surface area contributed by atoms with Crippen molar-refractivity contribution in [2.45, 2.75) is 32.7 Å². The number of aryl methyl sites for hydroxylation is 1. The van der Waals surface area contributed by atoms with Crippen LogP contribution < -0.4 is 10.6 Å². The van der Waals surface area contributed by atoms with Crippen LogP contribution in [0, 0.1) is 6.92 Å². The number of benzene rings is 1. The molecule has 3 nitrogen and oxygen atoms in total. The molecule has 2 rings (SSSR count). The quantitative estimate of drug-likeness (QED) is 0.833. The Labute approximate surface area is 111 Å². The number of nitrogens with zero attached hydrogens (tertiary/aromatic N) is 2. The molecule has 100 valence electrons. The van der Waals surface area contributed by atoms with Crippen LogP contribution in [0.3, 0.4) is 0 Å². The second-order valence-electron chi connectivity index (χ2n) is 5.32. The summed E-state index contributed by atoms with van der Waals surface area (Å²) in [5.41, 5.74) is 9.22. The molecular formula is C15H25N3. The van der Waals surface area contributed by atoms with Crippen molar-refractivity contribution in [3.63, 3.8) is 0 Å².